The van der Waals surface area contributed by atoms with Crippen LogP contribution >= 0.6 is 0 Å². The van der Waals surface area contributed by atoms with E-state index in [0.717, 1.165) is 0 Å². The molecule has 0 spiro atoms. The van der Waals surface area contributed by atoms with Crippen molar-refractivity contribution in [2.24, 2.45) is 5.73 Å². The zero-order valence-corrected chi connectivity index (χ0v) is 3.94. The summed E-state index contributed by atoms with van der Waals surface area (Å²) >= 11 is 0. The lowest BCUT2D eigenvalue weighted by Crippen LogP contribution is -2.21. The van der Waals surface area contributed by atoms with Gasteiger partial charge in [0.2, 0.25) is 0 Å². The van der Waals surface area contributed by atoms with Crippen molar-refractivity contribution >= 4 is 6.09 Å². The summed E-state index contributed by atoms with van der Waals surface area (Å²) in [5.41, 5.74) is 4.11. The highest BCUT2D eigenvalue weighted by molar-refractivity contribution is 5.63. The molecular weight excluding hydrogens is 143 g/mol. The lowest BCUT2D eigenvalue weighted by molar-refractivity contribution is -0.457. The predicted molar refractivity (Wildman–Crippen MR) is 17.8 cm³/mol. The van der Waals surface area contributed by atoms with Crippen molar-refractivity contribution in [1.29, 1.82) is 0 Å². The molecule has 0 aliphatic rings. The Labute approximate surface area is 47.3 Å². The SMILES string of the molecule is NC(=O)OOC(F)(F)F. The maximum atomic E-state index is 10.9. The largest absolute Gasteiger partial charge is 0.558 e. The zero-order valence-electron chi connectivity index (χ0n) is 3.94. The van der Waals surface area contributed by atoms with Crippen molar-refractivity contribution in [2.75, 3.05) is 0 Å². The first-order valence-electron chi connectivity index (χ1n) is 1.63. The summed E-state index contributed by atoms with van der Waals surface area (Å²) in [6.45, 7) is 0. The molecule has 0 unspecified atom stereocenters. The second-order valence-electron chi connectivity index (χ2n) is 0.931. The molecule has 2 N–H and O–H groups in total. The van der Waals surface area contributed by atoms with Gasteiger partial charge in [-0.2, -0.15) is 0 Å². The van der Waals surface area contributed by atoms with Crippen LogP contribution in [0, 0.1) is 0 Å². The van der Waals surface area contributed by atoms with E-state index in [1.54, 1.807) is 0 Å². The number of primary amides is 1. The number of hydrogen-bond donors (Lipinski definition) is 1. The van der Waals surface area contributed by atoms with Gasteiger partial charge in [0.1, 0.15) is 0 Å². The third kappa shape index (κ3) is 7.02. The number of carbonyl (C=O) groups excluding carboxylic acids is 1. The van der Waals surface area contributed by atoms with Gasteiger partial charge in [0.25, 0.3) is 0 Å². The molecule has 0 radical (unpaired) electrons. The molecular formula is C2H2F3NO3. The predicted octanol–water partition coefficient (Wildman–Crippen LogP) is 0.533. The first-order chi connectivity index (χ1) is 3.92. The standard InChI is InChI=1S/C2H2F3NO3/c3-2(4,5)9-8-1(6)7/h(H2,6,7). The molecule has 0 bridgehead atoms. The lowest BCUT2D eigenvalue weighted by Gasteiger charge is -2.01. The Bertz CT molecular complexity index is 110. The van der Waals surface area contributed by atoms with Crippen LogP contribution in [0.5, 0.6) is 0 Å². The normalized spacial score (nSPS) is 11.0. The van der Waals surface area contributed by atoms with E-state index in [4.69, 9.17) is 0 Å². The molecule has 0 atom stereocenters. The molecule has 0 aromatic rings. The van der Waals surface area contributed by atoms with Gasteiger partial charge in [-0.1, -0.05) is 4.89 Å². The molecule has 4 nitrogen and oxygen atoms in total. The highest BCUT2D eigenvalue weighted by Gasteiger charge is 2.32. The average Bonchev–Trinajstić information content (AvgIpc) is 1.59. The number of amides is 1. The van der Waals surface area contributed by atoms with Gasteiger partial charge in [-0.25, -0.2) is 4.79 Å². The van der Waals surface area contributed by atoms with Crippen LogP contribution in [0.25, 0.3) is 0 Å². The molecule has 0 heterocycles. The minimum Gasteiger partial charge on any atom is -0.333 e. The molecule has 0 aromatic heterocycles. The number of hydrogen-bond acceptors (Lipinski definition) is 3. The fourth-order valence-electron chi connectivity index (χ4n) is 0.0883. The van der Waals surface area contributed by atoms with Crippen LogP contribution in [0.15, 0.2) is 0 Å². The molecule has 0 saturated heterocycles. The van der Waals surface area contributed by atoms with Gasteiger partial charge in [0, 0.05) is 0 Å². The molecule has 54 valence electrons. The third-order valence-electron chi connectivity index (χ3n) is 0.218. The van der Waals surface area contributed by atoms with Crippen LogP contribution < -0.4 is 5.73 Å². The van der Waals surface area contributed by atoms with Crippen molar-refractivity contribution in [3.63, 3.8) is 0 Å². The van der Waals surface area contributed by atoms with Crippen molar-refractivity contribution in [3.8, 4) is 0 Å². The second kappa shape index (κ2) is 2.53. The topological polar surface area (TPSA) is 61.6 Å². The van der Waals surface area contributed by atoms with Gasteiger partial charge in [-0.05, 0) is 0 Å². The van der Waals surface area contributed by atoms with Gasteiger partial charge < -0.3 is 5.73 Å². The van der Waals surface area contributed by atoms with Crippen LogP contribution in [0.3, 0.4) is 0 Å². The van der Waals surface area contributed by atoms with E-state index in [9.17, 15) is 18.0 Å². The maximum absolute atomic E-state index is 10.9. The van der Waals surface area contributed by atoms with Crippen LogP contribution in [0.4, 0.5) is 18.0 Å². The van der Waals surface area contributed by atoms with Crippen LogP contribution in [-0.2, 0) is 9.78 Å². The molecule has 0 rings (SSSR count). The molecule has 0 saturated carbocycles. The van der Waals surface area contributed by atoms with E-state index in [-0.39, 0.29) is 0 Å². The zero-order chi connectivity index (χ0) is 7.49. The van der Waals surface area contributed by atoms with E-state index < -0.39 is 12.5 Å². The van der Waals surface area contributed by atoms with Crippen molar-refractivity contribution < 1.29 is 27.7 Å². The number of alkyl halides is 3. The summed E-state index contributed by atoms with van der Waals surface area (Å²) < 4.78 is 32.6. The summed E-state index contributed by atoms with van der Waals surface area (Å²) in [5.74, 6) is 0. The second-order valence-corrected chi connectivity index (χ2v) is 0.931. The monoisotopic (exact) mass is 145 g/mol. The van der Waals surface area contributed by atoms with Gasteiger partial charge in [-0.3, -0.25) is 4.89 Å². The molecule has 0 aliphatic heterocycles. The molecule has 9 heavy (non-hydrogen) atoms. The van der Waals surface area contributed by atoms with Crippen LogP contribution in [0.2, 0.25) is 0 Å². The van der Waals surface area contributed by atoms with Gasteiger partial charge in [-0.15, -0.1) is 13.2 Å². The Morgan fingerprint density at radius 1 is 1.44 bits per heavy atom. The van der Waals surface area contributed by atoms with Gasteiger partial charge in [0.05, 0.1) is 0 Å². The maximum Gasteiger partial charge on any atom is 0.558 e. The average molecular weight is 145 g/mol. The number of rotatable bonds is 1. The van der Waals surface area contributed by atoms with E-state index in [1.165, 1.54) is 0 Å². The molecule has 0 aliphatic carbocycles. The summed E-state index contributed by atoms with van der Waals surface area (Å²) in [6.07, 6.45) is -6.64. The summed E-state index contributed by atoms with van der Waals surface area (Å²) in [7, 11) is 0. The number of carbonyl (C=O) groups is 1. The third-order valence-corrected chi connectivity index (χ3v) is 0.218. The highest BCUT2D eigenvalue weighted by atomic mass is 19.4. The van der Waals surface area contributed by atoms with Crippen molar-refractivity contribution in [2.45, 2.75) is 6.36 Å². The summed E-state index contributed by atoms with van der Waals surface area (Å²) in [5, 5.41) is 0. The Hall–Kier alpha value is -0.980. The van der Waals surface area contributed by atoms with E-state index in [0.29, 0.717) is 0 Å². The first-order valence-corrected chi connectivity index (χ1v) is 1.63. The lowest BCUT2D eigenvalue weighted by atomic mass is 11.3. The smallest absolute Gasteiger partial charge is 0.333 e. The number of nitrogens with two attached hydrogens (primary N) is 1. The summed E-state index contributed by atoms with van der Waals surface area (Å²) in [4.78, 5) is 14.9. The van der Waals surface area contributed by atoms with Crippen LogP contribution in [-0.4, -0.2) is 12.5 Å². The minimum absolute atomic E-state index is 1.65. The van der Waals surface area contributed by atoms with Crippen molar-refractivity contribution in [3.05, 3.63) is 0 Å². The fraction of sp³-hybridized carbons (Fsp3) is 0.500. The molecule has 0 fully saturated rings. The molecule has 1 amide bonds. The quantitative estimate of drug-likeness (QED) is 0.432. The molecule has 0 aromatic carbocycles. The summed E-state index contributed by atoms with van der Waals surface area (Å²) in [6, 6.07) is 0. The fourth-order valence-corrected chi connectivity index (χ4v) is 0.0883. The number of halogens is 3. The minimum atomic E-state index is -4.99. The Kier molecular flexibility index (Phi) is 2.26. The highest BCUT2D eigenvalue weighted by Crippen LogP contribution is 2.15. The Morgan fingerprint density at radius 2 is 1.89 bits per heavy atom. The van der Waals surface area contributed by atoms with Gasteiger partial charge >= 0.3 is 12.5 Å². The molecule has 7 heteroatoms. The van der Waals surface area contributed by atoms with E-state index in [1.807, 2.05) is 0 Å². The Morgan fingerprint density at radius 3 is 2.00 bits per heavy atom. The van der Waals surface area contributed by atoms with Crippen LogP contribution in [0.1, 0.15) is 0 Å². The van der Waals surface area contributed by atoms with Gasteiger partial charge in [0.15, 0.2) is 0 Å². The first kappa shape index (κ1) is 8.02. The van der Waals surface area contributed by atoms with Crippen molar-refractivity contribution in [1.82, 2.24) is 0 Å². The Balaban J connectivity index is 3.39. The van der Waals surface area contributed by atoms with E-state index in [2.05, 4.69) is 15.5 Å². The van der Waals surface area contributed by atoms with E-state index >= 15 is 0 Å².